The Kier molecular flexibility index (Phi) is 5.60. The van der Waals surface area contributed by atoms with Crippen LogP contribution in [0.5, 0.6) is 5.75 Å². The molecule has 2 rings (SSSR count). The molecule has 0 radical (unpaired) electrons. The van der Waals surface area contributed by atoms with Gasteiger partial charge in [0.05, 0.1) is 0 Å². The minimum atomic E-state index is -2.94. The molecule has 6 heteroatoms. The predicted octanol–water partition coefficient (Wildman–Crippen LogP) is 4.83. The van der Waals surface area contributed by atoms with Gasteiger partial charge in [-0.3, -0.25) is 4.79 Å². The van der Waals surface area contributed by atoms with Crippen molar-refractivity contribution in [3.63, 3.8) is 0 Å². The largest absolute Gasteiger partial charge is 0.434 e. The number of ether oxygens (including phenoxy) is 1. The maximum atomic E-state index is 12.9. The van der Waals surface area contributed by atoms with E-state index in [9.17, 15) is 23.2 Å². The van der Waals surface area contributed by atoms with E-state index in [-0.39, 0.29) is 16.9 Å². The lowest BCUT2D eigenvalue weighted by Crippen LogP contribution is -2.05. The molecule has 0 heterocycles. The molecule has 0 spiro atoms. The number of hydrogen-bond acceptors (Lipinski definition) is 3. The van der Waals surface area contributed by atoms with Crippen molar-refractivity contribution in [2.24, 2.45) is 0 Å². The maximum absolute atomic E-state index is 12.9. The fourth-order valence-electron chi connectivity index (χ4n) is 2.41. The van der Waals surface area contributed by atoms with Crippen molar-refractivity contribution in [2.75, 3.05) is 0 Å². The van der Waals surface area contributed by atoms with Crippen LogP contribution in [0.4, 0.5) is 13.2 Å². The number of nitriles is 1. The van der Waals surface area contributed by atoms with Crippen LogP contribution in [0.1, 0.15) is 27.0 Å². The third kappa shape index (κ3) is 4.48. The predicted molar refractivity (Wildman–Crippen MR) is 86.9 cm³/mol. The van der Waals surface area contributed by atoms with Gasteiger partial charge in [-0.2, -0.15) is 14.0 Å². The number of benzene rings is 2. The van der Waals surface area contributed by atoms with Crippen LogP contribution in [0.2, 0.25) is 0 Å². The second kappa shape index (κ2) is 7.67. The Morgan fingerprint density at radius 1 is 1.16 bits per heavy atom. The average molecular weight is 345 g/mol. The summed E-state index contributed by atoms with van der Waals surface area (Å²) in [4.78, 5) is 12.3. The zero-order valence-electron chi connectivity index (χ0n) is 13.5. The van der Waals surface area contributed by atoms with Gasteiger partial charge in [0.2, 0.25) is 5.78 Å². The Balaban J connectivity index is 2.38. The van der Waals surface area contributed by atoms with Gasteiger partial charge in [-0.15, -0.1) is 0 Å². The number of halogens is 3. The van der Waals surface area contributed by atoms with Gasteiger partial charge in [0.15, 0.2) is 0 Å². The summed E-state index contributed by atoms with van der Waals surface area (Å²) in [6, 6.07) is 9.74. The molecule has 0 aromatic heterocycles. The number of carbonyl (C=O) groups is 1. The molecule has 0 saturated heterocycles. The van der Waals surface area contributed by atoms with Crippen molar-refractivity contribution < 1.29 is 22.7 Å². The van der Waals surface area contributed by atoms with Crippen molar-refractivity contribution in [1.29, 1.82) is 5.26 Å². The lowest BCUT2D eigenvalue weighted by molar-refractivity contribution is -0.0507. The number of rotatable bonds is 5. The molecule has 0 saturated carbocycles. The minimum absolute atomic E-state index is 0.0653. The number of aryl methyl sites for hydroxylation is 2. The van der Waals surface area contributed by atoms with Gasteiger partial charge in [-0.05, 0) is 73.0 Å². The van der Waals surface area contributed by atoms with E-state index in [0.717, 1.165) is 12.1 Å². The Morgan fingerprint density at radius 2 is 1.72 bits per heavy atom. The molecule has 25 heavy (non-hydrogen) atoms. The second-order valence-corrected chi connectivity index (χ2v) is 5.37. The SMILES string of the molecule is Cc1cc(/C=C(\C#N)C(=O)c2ccc(F)cc2)cc(C)c1OC(F)F. The molecule has 0 fully saturated rings. The maximum Gasteiger partial charge on any atom is 0.387 e. The quantitative estimate of drug-likeness (QED) is 0.443. The van der Waals surface area contributed by atoms with E-state index in [4.69, 9.17) is 0 Å². The smallest absolute Gasteiger partial charge is 0.387 e. The summed E-state index contributed by atoms with van der Waals surface area (Å²) in [5, 5.41) is 9.25. The van der Waals surface area contributed by atoms with Crippen LogP contribution in [0.3, 0.4) is 0 Å². The van der Waals surface area contributed by atoms with E-state index in [0.29, 0.717) is 16.7 Å². The number of alkyl halides is 2. The molecule has 0 N–H and O–H groups in total. The number of allylic oxidation sites excluding steroid dienone is 1. The third-order valence-corrected chi connectivity index (χ3v) is 3.47. The second-order valence-electron chi connectivity index (χ2n) is 5.37. The topological polar surface area (TPSA) is 50.1 Å². The average Bonchev–Trinajstić information content (AvgIpc) is 2.56. The normalized spacial score (nSPS) is 11.3. The lowest BCUT2D eigenvalue weighted by atomic mass is 9.99. The van der Waals surface area contributed by atoms with Gasteiger partial charge in [-0.25, -0.2) is 4.39 Å². The monoisotopic (exact) mass is 345 g/mol. The first-order valence-electron chi connectivity index (χ1n) is 7.30. The first-order chi connectivity index (χ1) is 11.8. The summed E-state index contributed by atoms with van der Waals surface area (Å²) in [5.41, 5.74) is 1.45. The van der Waals surface area contributed by atoms with Crippen molar-refractivity contribution in [3.05, 3.63) is 70.0 Å². The molecule has 0 aliphatic rings. The fraction of sp³-hybridized carbons (Fsp3) is 0.158. The van der Waals surface area contributed by atoms with Gasteiger partial charge in [0, 0.05) is 5.56 Å². The number of carbonyl (C=O) groups excluding carboxylic acids is 1. The van der Waals surface area contributed by atoms with Gasteiger partial charge < -0.3 is 4.74 Å². The van der Waals surface area contributed by atoms with Crippen LogP contribution in [0.25, 0.3) is 6.08 Å². The first kappa shape index (κ1) is 18.3. The molecular weight excluding hydrogens is 331 g/mol. The minimum Gasteiger partial charge on any atom is -0.434 e. The number of ketones is 1. The van der Waals surface area contributed by atoms with Gasteiger partial charge in [-0.1, -0.05) is 0 Å². The Morgan fingerprint density at radius 3 is 2.20 bits per heavy atom. The van der Waals surface area contributed by atoms with Crippen LogP contribution in [0.15, 0.2) is 42.0 Å². The van der Waals surface area contributed by atoms with Crippen LogP contribution < -0.4 is 4.74 Å². The zero-order chi connectivity index (χ0) is 18.6. The van der Waals surface area contributed by atoms with E-state index >= 15 is 0 Å². The third-order valence-electron chi connectivity index (χ3n) is 3.47. The van der Waals surface area contributed by atoms with E-state index in [1.807, 2.05) is 6.07 Å². The molecule has 0 amide bonds. The first-order valence-corrected chi connectivity index (χ1v) is 7.30. The summed E-state index contributed by atoms with van der Waals surface area (Å²) in [6.45, 7) is 0.250. The number of hydrogen-bond donors (Lipinski definition) is 0. The van der Waals surface area contributed by atoms with E-state index in [2.05, 4.69) is 4.74 Å². The molecule has 0 unspecified atom stereocenters. The molecule has 0 bridgehead atoms. The van der Waals surface area contributed by atoms with Gasteiger partial charge >= 0.3 is 6.61 Å². The summed E-state index contributed by atoms with van der Waals surface area (Å²) in [6.07, 6.45) is 1.36. The summed E-state index contributed by atoms with van der Waals surface area (Å²) >= 11 is 0. The Hall–Kier alpha value is -3.07. The highest BCUT2D eigenvalue weighted by molar-refractivity contribution is 6.14. The number of Topliss-reactive ketones (excluding diaryl/α,β-unsaturated/α-hetero) is 1. The Labute approximate surface area is 143 Å². The highest BCUT2D eigenvalue weighted by atomic mass is 19.3. The standard InChI is InChI=1S/C19H14F3NO2/c1-11-7-13(8-12(2)18(11)25-19(21)22)9-15(10-23)17(24)14-3-5-16(20)6-4-14/h3-9,19H,1-2H3/b15-9+. The van der Waals surface area contributed by atoms with Crippen molar-refractivity contribution in [2.45, 2.75) is 20.5 Å². The van der Waals surface area contributed by atoms with E-state index in [1.54, 1.807) is 26.0 Å². The highest BCUT2D eigenvalue weighted by Gasteiger charge is 2.14. The van der Waals surface area contributed by atoms with Crippen molar-refractivity contribution in [3.8, 4) is 11.8 Å². The zero-order valence-corrected chi connectivity index (χ0v) is 13.5. The molecule has 2 aromatic rings. The van der Waals surface area contributed by atoms with Crippen molar-refractivity contribution in [1.82, 2.24) is 0 Å². The molecule has 0 atom stereocenters. The van der Waals surface area contributed by atoms with Crippen LogP contribution >= 0.6 is 0 Å². The molecular formula is C19H14F3NO2. The summed E-state index contributed by atoms with van der Waals surface area (Å²) in [5.74, 6) is -0.971. The molecule has 3 nitrogen and oxygen atoms in total. The number of nitrogens with zero attached hydrogens (tertiary/aromatic N) is 1. The molecule has 0 aliphatic carbocycles. The highest BCUT2D eigenvalue weighted by Crippen LogP contribution is 2.27. The molecule has 0 aliphatic heterocycles. The van der Waals surface area contributed by atoms with Crippen LogP contribution in [-0.4, -0.2) is 12.4 Å². The van der Waals surface area contributed by atoms with Crippen LogP contribution in [0, 0.1) is 31.0 Å². The fourth-order valence-corrected chi connectivity index (χ4v) is 2.41. The molecule has 128 valence electrons. The summed E-state index contributed by atoms with van der Waals surface area (Å²) in [7, 11) is 0. The van der Waals surface area contributed by atoms with Gasteiger partial charge in [0.1, 0.15) is 23.2 Å². The van der Waals surface area contributed by atoms with E-state index < -0.39 is 18.2 Å². The van der Waals surface area contributed by atoms with Crippen molar-refractivity contribution >= 4 is 11.9 Å². The van der Waals surface area contributed by atoms with Crippen LogP contribution in [-0.2, 0) is 0 Å². The lowest BCUT2D eigenvalue weighted by Gasteiger charge is -2.12. The molecule has 2 aromatic carbocycles. The van der Waals surface area contributed by atoms with E-state index in [1.165, 1.54) is 18.2 Å². The Bertz CT molecular complexity index is 842. The van der Waals surface area contributed by atoms with Gasteiger partial charge in [0.25, 0.3) is 0 Å². The summed E-state index contributed by atoms with van der Waals surface area (Å²) < 4.78 is 42.2.